The number of piperidine rings is 1. The molecule has 2 N–H and O–H groups in total. The van der Waals surface area contributed by atoms with Gasteiger partial charge in [-0.15, -0.1) is 0 Å². The number of nitrogens with zero attached hydrogens (tertiary/aromatic N) is 1. The molecule has 0 atom stereocenters. The van der Waals surface area contributed by atoms with Gasteiger partial charge in [0, 0.05) is 18.8 Å². The van der Waals surface area contributed by atoms with Crippen LogP contribution in [0.25, 0.3) is 0 Å². The van der Waals surface area contributed by atoms with Crippen molar-refractivity contribution in [2.45, 2.75) is 30.3 Å². The first-order valence-corrected chi connectivity index (χ1v) is 14.4. The number of benzene rings is 3. The van der Waals surface area contributed by atoms with Crippen LogP contribution < -0.4 is 21.1 Å². The molecule has 38 heavy (non-hydrogen) atoms. The van der Waals surface area contributed by atoms with E-state index in [4.69, 9.17) is 0 Å². The summed E-state index contributed by atoms with van der Waals surface area (Å²) in [6, 6.07) is 25.5. The summed E-state index contributed by atoms with van der Waals surface area (Å²) in [6.07, 6.45) is 1.25. The van der Waals surface area contributed by atoms with Gasteiger partial charge in [-0.3, -0.25) is 9.59 Å². The van der Waals surface area contributed by atoms with Crippen molar-refractivity contribution in [3.8, 4) is 0 Å². The van der Waals surface area contributed by atoms with Gasteiger partial charge in [-0.25, -0.2) is 8.42 Å². The predicted octanol–water partition coefficient (Wildman–Crippen LogP) is 3.97. The highest BCUT2D eigenvalue weighted by Crippen LogP contribution is 2.42. The second-order valence-corrected chi connectivity index (χ2v) is 12.0. The Morgan fingerprint density at radius 3 is 1.87 bits per heavy atom. The molecule has 8 heteroatoms. The van der Waals surface area contributed by atoms with Gasteiger partial charge >= 0.3 is 0 Å². The lowest BCUT2D eigenvalue weighted by molar-refractivity contribution is 0.00504. The molecule has 7 nitrogen and oxygen atoms in total. The van der Waals surface area contributed by atoms with Crippen LogP contribution >= 0.6 is 0 Å². The molecule has 5 rings (SSSR count). The maximum atomic E-state index is 12.6. The molecule has 0 aromatic heterocycles. The molecule has 0 amide bonds. The summed E-state index contributed by atoms with van der Waals surface area (Å²) in [5.41, 5.74) is 0.470. The summed E-state index contributed by atoms with van der Waals surface area (Å²) in [6.45, 7) is 2.61. The van der Waals surface area contributed by atoms with E-state index in [1.165, 1.54) is 12.1 Å². The number of nitrogens with one attached hydrogen (secondary N) is 1. The summed E-state index contributed by atoms with van der Waals surface area (Å²) in [4.78, 5) is 27.2. The molecule has 0 radical (unpaired) electrons. The molecule has 1 saturated heterocycles. The third-order valence-corrected chi connectivity index (χ3v) is 9.33. The van der Waals surface area contributed by atoms with Crippen LogP contribution in [0, 0.1) is 5.92 Å². The Hall–Kier alpha value is -3.75. The molecule has 196 valence electrons. The van der Waals surface area contributed by atoms with Crippen LogP contribution in [0.5, 0.6) is 0 Å². The van der Waals surface area contributed by atoms with Crippen LogP contribution in [0.1, 0.15) is 30.9 Å². The van der Waals surface area contributed by atoms with E-state index in [2.05, 4.69) is 5.32 Å². The topological polar surface area (TPSA) is 104 Å². The zero-order valence-electron chi connectivity index (χ0n) is 21.1. The van der Waals surface area contributed by atoms with Crippen molar-refractivity contribution in [2.75, 3.05) is 29.1 Å². The highest BCUT2D eigenvalue weighted by atomic mass is 32.2. The third kappa shape index (κ3) is 4.54. The second kappa shape index (κ2) is 10.2. The van der Waals surface area contributed by atoms with Gasteiger partial charge in [0.25, 0.3) is 10.9 Å². The van der Waals surface area contributed by atoms with Gasteiger partial charge in [-0.2, -0.15) is 0 Å². The average molecular weight is 531 g/mol. The minimum Gasteiger partial charge on any atom is -0.380 e. The molecule has 1 aliphatic heterocycles. The van der Waals surface area contributed by atoms with E-state index in [9.17, 15) is 23.1 Å². The van der Waals surface area contributed by atoms with Crippen LogP contribution in [0.3, 0.4) is 0 Å². The monoisotopic (exact) mass is 530 g/mol. The summed E-state index contributed by atoms with van der Waals surface area (Å²) in [5.74, 6) is -0.0821. The minimum atomic E-state index is -3.33. The quantitative estimate of drug-likeness (QED) is 0.332. The summed E-state index contributed by atoms with van der Waals surface area (Å²) in [7, 11) is -3.33. The molecule has 1 heterocycles. The van der Waals surface area contributed by atoms with E-state index in [0.717, 1.165) is 11.1 Å². The number of rotatable bonds is 8. The SMILES string of the molecule is CCS(=O)(=O)c1ccc(Nc2c(N3CCC(C(O)(c4ccccc4)c4ccccc4)CC3)c(=O)c2=O)cc1. The van der Waals surface area contributed by atoms with Gasteiger partial charge in [-0.05, 0) is 54.2 Å². The third-order valence-electron chi connectivity index (χ3n) is 7.58. The fraction of sp³-hybridized carbons (Fsp3) is 0.267. The number of hydrogen-bond acceptors (Lipinski definition) is 7. The minimum absolute atomic E-state index is 0.00168. The number of anilines is 3. The summed E-state index contributed by atoms with van der Waals surface area (Å²) in [5, 5.41) is 15.1. The second-order valence-electron chi connectivity index (χ2n) is 9.69. The van der Waals surface area contributed by atoms with E-state index in [1.54, 1.807) is 19.1 Å². The van der Waals surface area contributed by atoms with Gasteiger partial charge in [0.05, 0.1) is 10.6 Å². The average Bonchev–Trinajstić information content (AvgIpc) is 2.97. The lowest BCUT2D eigenvalue weighted by atomic mass is 9.72. The first-order chi connectivity index (χ1) is 18.3. The van der Waals surface area contributed by atoms with Gasteiger partial charge in [0.1, 0.15) is 17.0 Å². The van der Waals surface area contributed by atoms with Crippen LogP contribution in [0.15, 0.2) is 99.4 Å². The number of sulfone groups is 1. The van der Waals surface area contributed by atoms with E-state index in [1.807, 2.05) is 65.6 Å². The highest BCUT2D eigenvalue weighted by Gasteiger charge is 2.42. The molecule has 1 fully saturated rings. The Labute approximate surface area is 222 Å². The zero-order chi connectivity index (χ0) is 26.9. The van der Waals surface area contributed by atoms with E-state index < -0.39 is 26.3 Å². The first-order valence-electron chi connectivity index (χ1n) is 12.8. The molecule has 4 aromatic rings. The van der Waals surface area contributed by atoms with Crippen molar-refractivity contribution in [2.24, 2.45) is 5.92 Å². The van der Waals surface area contributed by atoms with E-state index >= 15 is 0 Å². The van der Waals surface area contributed by atoms with Gasteiger partial charge in [-0.1, -0.05) is 67.6 Å². The first kappa shape index (κ1) is 25.9. The Bertz CT molecular complexity index is 1550. The maximum Gasteiger partial charge on any atom is 0.253 e. The van der Waals surface area contributed by atoms with Gasteiger partial charge < -0.3 is 15.3 Å². The molecule has 0 aliphatic carbocycles. The fourth-order valence-electron chi connectivity index (χ4n) is 5.40. The van der Waals surface area contributed by atoms with Crippen LogP contribution in [0.2, 0.25) is 0 Å². The molecule has 0 saturated carbocycles. The van der Waals surface area contributed by atoms with Crippen molar-refractivity contribution in [1.29, 1.82) is 0 Å². The Morgan fingerprint density at radius 1 is 0.842 bits per heavy atom. The van der Waals surface area contributed by atoms with Gasteiger partial charge in [0.2, 0.25) is 0 Å². The van der Waals surface area contributed by atoms with E-state index in [-0.39, 0.29) is 22.3 Å². The van der Waals surface area contributed by atoms with Gasteiger partial charge in [0.15, 0.2) is 9.84 Å². The summed E-state index contributed by atoms with van der Waals surface area (Å²) >= 11 is 0. The largest absolute Gasteiger partial charge is 0.380 e. The summed E-state index contributed by atoms with van der Waals surface area (Å²) < 4.78 is 24.2. The standard InChI is InChI=1S/C30H30N2O5S/c1-2-38(36,37)25-15-13-24(14-16-25)31-26-27(29(34)28(26)33)32-19-17-23(18-20-32)30(35,21-9-5-3-6-10-21)22-11-7-4-8-12-22/h3-16,23,31,35H,2,17-20H2,1H3. The normalized spacial score (nSPS) is 15.1. The number of hydrogen-bond donors (Lipinski definition) is 2. The van der Waals surface area contributed by atoms with Crippen molar-refractivity contribution >= 4 is 26.9 Å². The predicted molar refractivity (Wildman–Crippen MR) is 150 cm³/mol. The van der Waals surface area contributed by atoms with E-state index in [0.29, 0.717) is 37.3 Å². The Balaban J connectivity index is 1.36. The number of aliphatic hydroxyl groups is 1. The van der Waals surface area contributed by atoms with Crippen molar-refractivity contribution in [3.05, 3.63) is 117 Å². The van der Waals surface area contributed by atoms with Crippen molar-refractivity contribution < 1.29 is 13.5 Å². The molecule has 0 bridgehead atoms. The highest BCUT2D eigenvalue weighted by molar-refractivity contribution is 7.91. The van der Waals surface area contributed by atoms with Crippen LogP contribution in [0.4, 0.5) is 17.1 Å². The molecule has 1 aliphatic rings. The van der Waals surface area contributed by atoms with Crippen molar-refractivity contribution in [1.82, 2.24) is 0 Å². The molecular formula is C30H30N2O5S. The Morgan fingerprint density at radius 2 is 1.37 bits per heavy atom. The lowest BCUT2D eigenvalue weighted by Gasteiger charge is -2.43. The molecule has 0 spiro atoms. The molecule has 4 aromatic carbocycles. The zero-order valence-corrected chi connectivity index (χ0v) is 21.9. The van der Waals surface area contributed by atoms with Crippen LogP contribution in [-0.2, 0) is 15.4 Å². The lowest BCUT2D eigenvalue weighted by Crippen LogP contribution is -2.48. The molecular weight excluding hydrogens is 500 g/mol. The maximum absolute atomic E-state index is 12.6. The molecule has 0 unspecified atom stereocenters. The van der Waals surface area contributed by atoms with Crippen molar-refractivity contribution in [3.63, 3.8) is 0 Å². The fourth-order valence-corrected chi connectivity index (χ4v) is 6.28. The smallest absolute Gasteiger partial charge is 0.253 e. The Kier molecular flexibility index (Phi) is 6.94. The van der Waals surface area contributed by atoms with Crippen LogP contribution in [-0.4, -0.2) is 32.4 Å².